The zero-order valence-corrected chi connectivity index (χ0v) is 15.3. The molecule has 0 aromatic heterocycles. The van der Waals surface area contributed by atoms with Gasteiger partial charge in [-0.25, -0.2) is 0 Å². The minimum absolute atomic E-state index is 0.0849. The predicted molar refractivity (Wildman–Crippen MR) is 101 cm³/mol. The van der Waals surface area contributed by atoms with Gasteiger partial charge in [-0.15, -0.1) is 0 Å². The Morgan fingerprint density at radius 2 is 2.04 bits per heavy atom. The molecule has 0 saturated carbocycles. The van der Waals surface area contributed by atoms with Gasteiger partial charge in [0.2, 0.25) is 0 Å². The molecular formula is C18H14BrN3O4. The lowest BCUT2D eigenvalue weighted by Crippen LogP contribution is -2.13. The number of nitriles is 1. The largest absolute Gasteiger partial charge is 0.493 e. The molecule has 0 saturated heterocycles. The van der Waals surface area contributed by atoms with E-state index in [1.165, 1.54) is 30.3 Å². The van der Waals surface area contributed by atoms with Gasteiger partial charge in [0.05, 0.1) is 16.0 Å². The minimum atomic E-state index is -0.605. The Labute approximate surface area is 158 Å². The number of non-ortho nitro benzene ring substituents is 1. The SMILES string of the molecule is CCOc1ccc(/C=C(\C#N)C(=O)Nc2ccc([N+](=O)[O-])cc2)cc1Br. The smallest absolute Gasteiger partial charge is 0.269 e. The Balaban J connectivity index is 2.17. The Morgan fingerprint density at radius 3 is 2.58 bits per heavy atom. The molecule has 1 amide bonds. The van der Waals surface area contributed by atoms with Gasteiger partial charge in [0.25, 0.3) is 11.6 Å². The van der Waals surface area contributed by atoms with E-state index in [0.717, 1.165) is 0 Å². The molecular weight excluding hydrogens is 402 g/mol. The third kappa shape index (κ3) is 4.91. The quantitative estimate of drug-likeness (QED) is 0.327. The number of carbonyl (C=O) groups is 1. The van der Waals surface area contributed by atoms with E-state index in [1.54, 1.807) is 18.2 Å². The van der Waals surface area contributed by atoms with Crippen LogP contribution in [0.25, 0.3) is 6.08 Å². The van der Waals surface area contributed by atoms with E-state index in [-0.39, 0.29) is 11.3 Å². The number of carbonyl (C=O) groups excluding carboxylic acids is 1. The van der Waals surface area contributed by atoms with Gasteiger partial charge in [-0.3, -0.25) is 14.9 Å². The number of ether oxygens (including phenoxy) is 1. The standard InChI is InChI=1S/C18H14BrN3O4/c1-2-26-17-8-3-12(10-16(17)19)9-13(11-20)18(23)21-14-4-6-15(7-5-14)22(24)25/h3-10H,2H2,1H3,(H,21,23)/b13-9+. The van der Waals surface area contributed by atoms with Crippen molar-refractivity contribution in [3.05, 3.63) is 68.2 Å². The Morgan fingerprint density at radius 1 is 1.35 bits per heavy atom. The van der Waals surface area contributed by atoms with Crippen LogP contribution in [0.5, 0.6) is 5.75 Å². The van der Waals surface area contributed by atoms with Crippen LogP contribution in [-0.4, -0.2) is 17.4 Å². The molecule has 0 unspecified atom stereocenters. The van der Waals surface area contributed by atoms with Crippen LogP contribution in [0.2, 0.25) is 0 Å². The maximum absolute atomic E-state index is 12.2. The summed E-state index contributed by atoms with van der Waals surface area (Å²) >= 11 is 3.38. The van der Waals surface area contributed by atoms with Gasteiger partial charge in [-0.05, 0) is 58.8 Å². The highest BCUT2D eigenvalue weighted by atomic mass is 79.9. The number of nitrogens with one attached hydrogen (secondary N) is 1. The Hall–Kier alpha value is -3.18. The van der Waals surface area contributed by atoms with Crippen molar-refractivity contribution in [2.24, 2.45) is 0 Å². The van der Waals surface area contributed by atoms with Crippen molar-refractivity contribution in [1.29, 1.82) is 5.26 Å². The molecule has 0 radical (unpaired) electrons. The summed E-state index contributed by atoms with van der Waals surface area (Å²) in [6.45, 7) is 2.39. The monoisotopic (exact) mass is 415 g/mol. The molecule has 0 fully saturated rings. The highest BCUT2D eigenvalue weighted by Gasteiger charge is 2.11. The average Bonchev–Trinajstić information content (AvgIpc) is 2.62. The fraction of sp³-hybridized carbons (Fsp3) is 0.111. The summed E-state index contributed by atoms with van der Waals surface area (Å²) < 4.78 is 6.13. The van der Waals surface area contributed by atoms with Gasteiger partial charge < -0.3 is 10.1 Å². The van der Waals surface area contributed by atoms with E-state index in [9.17, 15) is 20.2 Å². The number of halogens is 1. The molecule has 1 N–H and O–H groups in total. The number of benzene rings is 2. The van der Waals surface area contributed by atoms with Crippen molar-refractivity contribution in [3.63, 3.8) is 0 Å². The second-order valence-electron chi connectivity index (χ2n) is 5.05. The lowest BCUT2D eigenvalue weighted by Gasteiger charge is -2.07. The summed E-state index contributed by atoms with van der Waals surface area (Å²) in [7, 11) is 0. The normalized spacial score (nSPS) is 10.7. The molecule has 8 heteroatoms. The van der Waals surface area contributed by atoms with E-state index < -0.39 is 10.8 Å². The topological polar surface area (TPSA) is 105 Å². The predicted octanol–water partition coefficient (Wildman–Crippen LogP) is 4.30. The number of rotatable bonds is 6. The van der Waals surface area contributed by atoms with Crippen LogP contribution in [0, 0.1) is 21.4 Å². The highest BCUT2D eigenvalue weighted by Crippen LogP contribution is 2.27. The molecule has 0 aliphatic carbocycles. The van der Waals surface area contributed by atoms with Gasteiger partial charge in [0.15, 0.2) is 0 Å². The highest BCUT2D eigenvalue weighted by molar-refractivity contribution is 9.10. The van der Waals surface area contributed by atoms with Crippen molar-refractivity contribution < 1.29 is 14.5 Å². The van der Waals surface area contributed by atoms with Crippen molar-refractivity contribution in [2.75, 3.05) is 11.9 Å². The number of hydrogen-bond acceptors (Lipinski definition) is 5. The number of nitro benzene ring substituents is 1. The summed E-state index contributed by atoms with van der Waals surface area (Å²) in [6.07, 6.45) is 1.45. The van der Waals surface area contributed by atoms with E-state index in [4.69, 9.17) is 4.74 Å². The van der Waals surface area contributed by atoms with E-state index >= 15 is 0 Å². The van der Waals surface area contributed by atoms with Crippen LogP contribution in [-0.2, 0) is 4.79 Å². The van der Waals surface area contributed by atoms with Crippen molar-refractivity contribution in [3.8, 4) is 11.8 Å². The van der Waals surface area contributed by atoms with E-state index in [2.05, 4.69) is 21.2 Å². The zero-order valence-electron chi connectivity index (χ0n) is 13.7. The molecule has 26 heavy (non-hydrogen) atoms. The molecule has 2 aromatic carbocycles. The van der Waals surface area contributed by atoms with Crippen LogP contribution < -0.4 is 10.1 Å². The first-order valence-corrected chi connectivity index (χ1v) is 8.34. The third-order valence-electron chi connectivity index (χ3n) is 3.27. The molecule has 0 spiro atoms. The first kappa shape index (κ1) is 19.1. The first-order chi connectivity index (χ1) is 12.4. The fourth-order valence-corrected chi connectivity index (χ4v) is 2.57. The molecule has 0 atom stereocenters. The summed E-state index contributed by atoms with van der Waals surface area (Å²) in [4.78, 5) is 22.4. The Bertz CT molecular complexity index is 902. The molecule has 2 rings (SSSR count). The van der Waals surface area contributed by atoms with Gasteiger partial charge in [-0.2, -0.15) is 5.26 Å². The molecule has 2 aromatic rings. The van der Waals surface area contributed by atoms with Crippen molar-refractivity contribution in [1.82, 2.24) is 0 Å². The van der Waals surface area contributed by atoms with E-state index in [1.807, 2.05) is 13.0 Å². The Kier molecular flexibility index (Phi) is 6.47. The number of nitrogens with zero attached hydrogens (tertiary/aromatic N) is 2. The maximum atomic E-state index is 12.2. The maximum Gasteiger partial charge on any atom is 0.269 e. The minimum Gasteiger partial charge on any atom is -0.493 e. The van der Waals surface area contributed by atoms with Crippen LogP contribution in [0.1, 0.15) is 12.5 Å². The molecule has 0 heterocycles. The van der Waals surface area contributed by atoms with Gasteiger partial charge in [0, 0.05) is 17.8 Å². The molecule has 0 aliphatic rings. The van der Waals surface area contributed by atoms with Crippen LogP contribution in [0.15, 0.2) is 52.5 Å². The lowest BCUT2D eigenvalue weighted by molar-refractivity contribution is -0.384. The number of amides is 1. The number of hydrogen-bond donors (Lipinski definition) is 1. The zero-order chi connectivity index (χ0) is 19.1. The average molecular weight is 416 g/mol. The second-order valence-corrected chi connectivity index (χ2v) is 5.91. The number of anilines is 1. The van der Waals surface area contributed by atoms with Gasteiger partial charge in [0.1, 0.15) is 17.4 Å². The first-order valence-electron chi connectivity index (χ1n) is 7.54. The molecule has 0 aliphatic heterocycles. The van der Waals surface area contributed by atoms with Crippen molar-refractivity contribution in [2.45, 2.75) is 6.92 Å². The summed E-state index contributed by atoms with van der Waals surface area (Å²) in [5, 5.41) is 22.4. The van der Waals surface area contributed by atoms with Crippen LogP contribution in [0.4, 0.5) is 11.4 Å². The van der Waals surface area contributed by atoms with Crippen LogP contribution in [0.3, 0.4) is 0 Å². The lowest BCUT2D eigenvalue weighted by atomic mass is 10.1. The fourth-order valence-electron chi connectivity index (χ4n) is 2.06. The summed E-state index contributed by atoms with van der Waals surface area (Å²) in [5.41, 5.74) is 0.822. The molecule has 7 nitrogen and oxygen atoms in total. The van der Waals surface area contributed by atoms with Crippen molar-refractivity contribution >= 4 is 39.3 Å². The number of nitro groups is 1. The van der Waals surface area contributed by atoms with E-state index in [0.29, 0.717) is 28.1 Å². The molecule has 132 valence electrons. The molecule has 0 bridgehead atoms. The summed E-state index contributed by atoms with van der Waals surface area (Å²) in [5.74, 6) is 0.0600. The summed E-state index contributed by atoms with van der Waals surface area (Å²) in [6, 6.07) is 12.4. The third-order valence-corrected chi connectivity index (χ3v) is 3.89. The van der Waals surface area contributed by atoms with Crippen LogP contribution >= 0.6 is 15.9 Å². The van der Waals surface area contributed by atoms with Gasteiger partial charge >= 0.3 is 0 Å². The second kappa shape index (κ2) is 8.78. The van der Waals surface area contributed by atoms with Gasteiger partial charge in [-0.1, -0.05) is 6.07 Å².